The molecule has 2 rings (SSSR count). The maximum Gasteiger partial charge on any atom is 0.271 e. The third-order valence-corrected chi connectivity index (χ3v) is 3.48. The van der Waals surface area contributed by atoms with Gasteiger partial charge in [0.15, 0.2) is 0 Å². The minimum absolute atomic E-state index is 0.0429. The number of ether oxygens (including phenoxy) is 1. The number of hydrogen-bond donors (Lipinski definition) is 1. The van der Waals surface area contributed by atoms with Gasteiger partial charge in [-0.15, -0.1) is 0 Å². The highest BCUT2D eigenvalue weighted by Crippen LogP contribution is 2.22. The van der Waals surface area contributed by atoms with E-state index in [2.05, 4.69) is 5.32 Å². The minimum atomic E-state index is -0.481. The molecule has 6 heteroatoms. The Morgan fingerprint density at radius 3 is 2.74 bits per heavy atom. The van der Waals surface area contributed by atoms with Crippen LogP contribution in [0.15, 0.2) is 42.5 Å². The molecule has 0 aliphatic heterocycles. The number of nitro groups is 1. The first-order valence-electron chi connectivity index (χ1n) is 7.17. The van der Waals surface area contributed by atoms with E-state index >= 15 is 0 Å². The molecule has 0 atom stereocenters. The van der Waals surface area contributed by atoms with Crippen LogP contribution in [0.25, 0.3) is 0 Å². The van der Waals surface area contributed by atoms with Gasteiger partial charge in [0, 0.05) is 18.6 Å². The second-order valence-electron chi connectivity index (χ2n) is 5.16. The van der Waals surface area contributed by atoms with Crippen LogP contribution < -0.4 is 10.1 Å². The maximum absolute atomic E-state index is 12.1. The maximum atomic E-state index is 12.1. The highest BCUT2D eigenvalue weighted by molar-refractivity contribution is 5.92. The SMILES string of the molecule is COc1cccc(CCC(=O)Nc2cc([N+](=O)[O-])ccc2C)c1. The number of methoxy groups -OCH3 is 1. The van der Waals surface area contributed by atoms with Crippen molar-refractivity contribution in [2.24, 2.45) is 0 Å². The Bertz CT molecular complexity index is 728. The third-order valence-electron chi connectivity index (χ3n) is 3.48. The van der Waals surface area contributed by atoms with Crippen LogP contribution in [0.5, 0.6) is 5.75 Å². The summed E-state index contributed by atoms with van der Waals surface area (Å²) in [5.74, 6) is 0.564. The summed E-state index contributed by atoms with van der Waals surface area (Å²) in [4.78, 5) is 22.4. The molecule has 0 heterocycles. The van der Waals surface area contributed by atoms with Crippen molar-refractivity contribution < 1.29 is 14.5 Å². The number of carbonyl (C=O) groups is 1. The summed E-state index contributed by atoms with van der Waals surface area (Å²) in [5.41, 5.74) is 2.20. The van der Waals surface area contributed by atoms with Gasteiger partial charge in [-0.1, -0.05) is 18.2 Å². The lowest BCUT2D eigenvalue weighted by Gasteiger charge is -2.09. The summed E-state index contributed by atoms with van der Waals surface area (Å²) >= 11 is 0. The van der Waals surface area contributed by atoms with E-state index in [-0.39, 0.29) is 18.0 Å². The van der Waals surface area contributed by atoms with E-state index in [4.69, 9.17) is 4.74 Å². The lowest BCUT2D eigenvalue weighted by molar-refractivity contribution is -0.384. The molecule has 0 aliphatic carbocycles. The molecule has 120 valence electrons. The summed E-state index contributed by atoms with van der Waals surface area (Å²) in [6, 6.07) is 11.9. The molecular formula is C17H18N2O4. The first kappa shape index (κ1) is 16.5. The Morgan fingerprint density at radius 1 is 1.26 bits per heavy atom. The van der Waals surface area contributed by atoms with Crippen molar-refractivity contribution >= 4 is 17.3 Å². The zero-order chi connectivity index (χ0) is 16.8. The molecule has 0 saturated heterocycles. The van der Waals surface area contributed by atoms with Gasteiger partial charge in [0.2, 0.25) is 5.91 Å². The van der Waals surface area contributed by atoms with Gasteiger partial charge < -0.3 is 10.1 Å². The summed E-state index contributed by atoms with van der Waals surface area (Å²) in [5, 5.41) is 13.5. The van der Waals surface area contributed by atoms with Crippen LogP contribution in [0.1, 0.15) is 17.5 Å². The molecule has 1 N–H and O–H groups in total. The molecule has 0 fully saturated rings. The minimum Gasteiger partial charge on any atom is -0.497 e. The molecule has 0 aromatic heterocycles. The number of non-ortho nitro benzene ring substituents is 1. The fourth-order valence-electron chi connectivity index (χ4n) is 2.16. The number of carbonyl (C=O) groups excluding carboxylic acids is 1. The Kier molecular flexibility index (Phi) is 5.30. The lowest BCUT2D eigenvalue weighted by atomic mass is 10.1. The number of anilines is 1. The van der Waals surface area contributed by atoms with E-state index < -0.39 is 4.92 Å². The van der Waals surface area contributed by atoms with Crippen LogP contribution in [0.4, 0.5) is 11.4 Å². The number of hydrogen-bond acceptors (Lipinski definition) is 4. The van der Waals surface area contributed by atoms with E-state index in [0.717, 1.165) is 16.9 Å². The molecule has 6 nitrogen and oxygen atoms in total. The average Bonchev–Trinajstić information content (AvgIpc) is 2.55. The number of rotatable bonds is 6. The van der Waals surface area contributed by atoms with Crippen LogP contribution in [-0.4, -0.2) is 17.9 Å². The Hall–Kier alpha value is -2.89. The molecule has 23 heavy (non-hydrogen) atoms. The largest absolute Gasteiger partial charge is 0.497 e. The quantitative estimate of drug-likeness (QED) is 0.653. The Balaban J connectivity index is 1.99. The average molecular weight is 314 g/mol. The molecule has 2 aromatic rings. The molecular weight excluding hydrogens is 296 g/mol. The van der Waals surface area contributed by atoms with Crippen molar-refractivity contribution in [1.82, 2.24) is 0 Å². The van der Waals surface area contributed by atoms with Crippen molar-refractivity contribution in [3.05, 3.63) is 63.7 Å². The van der Waals surface area contributed by atoms with Crippen LogP contribution >= 0.6 is 0 Å². The van der Waals surface area contributed by atoms with E-state index in [1.807, 2.05) is 24.3 Å². The Morgan fingerprint density at radius 2 is 2.04 bits per heavy atom. The second-order valence-corrected chi connectivity index (χ2v) is 5.16. The molecule has 0 unspecified atom stereocenters. The highest BCUT2D eigenvalue weighted by Gasteiger charge is 2.11. The number of nitrogens with zero attached hydrogens (tertiary/aromatic N) is 1. The summed E-state index contributed by atoms with van der Waals surface area (Å²) in [6.45, 7) is 1.79. The molecule has 0 aliphatic rings. The molecule has 0 radical (unpaired) electrons. The Labute approximate surface area is 134 Å². The highest BCUT2D eigenvalue weighted by atomic mass is 16.6. The molecule has 2 aromatic carbocycles. The normalized spacial score (nSPS) is 10.2. The zero-order valence-electron chi connectivity index (χ0n) is 13.0. The smallest absolute Gasteiger partial charge is 0.271 e. The predicted octanol–water partition coefficient (Wildman–Crippen LogP) is 3.48. The van der Waals surface area contributed by atoms with Crippen LogP contribution in [0, 0.1) is 17.0 Å². The van der Waals surface area contributed by atoms with Crippen molar-refractivity contribution in [2.45, 2.75) is 19.8 Å². The fraction of sp³-hybridized carbons (Fsp3) is 0.235. The molecule has 1 amide bonds. The summed E-state index contributed by atoms with van der Waals surface area (Å²) < 4.78 is 5.14. The van der Waals surface area contributed by atoms with Crippen LogP contribution in [0.2, 0.25) is 0 Å². The number of nitro benzene ring substituents is 1. The number of benzene rings is 2. The van der Waals surface area contributed by atoms with E-state index in [1.165, 1.54) is 12.1 Å². The van der Waals surface area contributed by atoms with Crippen LogP contribution in [0.3, 0.4) is 0 Å². The standard InChI is InChI=1S/C17H18N2O4/c1-12-6-8-14(19(21)22)11-16(12)18-17(20)9-7-13-4-3-5-15(10-13)23-2/h3-6,8,10-11H,7,9H2,1-2H3,(H,18,20). The summed E-state index contributed by atoms with van der Waals surface area (Å²) in [7, 11) is 1.59. The molecule has 0 spiro atoms. The van der Waals surface area contributed by atoms with Gasteiger partial charge in [-0.25, -0.2) is 0 Å². The zero-order valence-corrected chi connectivity index (χ0v) is 13.0. The third kappa shape index (κ3) is 4.54. The summed E-state index contributed by atoms with van der Waals surface area (Å²) in [6.07, 6.45) is 0.853. The van der Waals surface area contributed by atoms with Crippen molar-refractivity contribution in [3.63, 3.8) is 0 Å². The van der Waals surface area contributed by atoms with E-state index in [1.54, 1.807) is 20.1 Å². The number of aryl methyl sites for hydroxylation is 2. The van der Waals surface area contributed by atoms with Gasteiger partial charge >= 0.3 is 0 Å². The van der Waals surface area contributed by atoms with Gasteiger partial charge in [0.25, 0.3) is 5.69 Å². The topological polar surface area (TPSA) is 81.5 Å². The van der Waals surface area contributed by atoms with E-state index in [9.17, 15) is 14.9 Å². The first-order chi connectivity index (χ1) is 11.0. The second kappa shape index (κ2) is 7.40. The van der Waals surface area contributed by atoms with Crippen molar-refractivity contribution in [3.8, 4) is 5.75 Å². The van der Waals surface area contributed by atoms with Crippen molar-refractivity contribution in [1.29, 1.82) is 0 Å². The lowest BCUT2D eigenvalue weighted by Crippen LogP contribution is -2.13. The first-order valence-corrected chi connectivity index (χ1v) is 7.17. The molecule has 0 saturated carbocycles. The van der Waals surface area contributed by atoms with Crippen molar-refractivity contribution in [2.75, 3.05) is 12.4 Å². The molecule has 0 bridgehead atoms. The van der Waals surface area contributed by atoms with E-state index in [0.29, 0.717) is 12.1 Å². The van der Waals surface area contributed by atoms with Gasteiger partial charge in [-0.05, 0) is 36.6 Å². The van der Waals surface area contributed by atoms with Gasteiger partial charge in [-0.2, -0.15) is 0 Å². The fourth-order valence-corrected chi connectivity index (χ4v) is 2.16. The predicted molar refractivity (Wildman–Crippen MR) is 87.8 cm³/mol. The number of nitrogens with one attached hydrogen (secondary N) is 1. The van der Waals surface area contributed by atoms with Crippen LogP contribution in [-0.2, 0) is 11.2 Å². The van der Waals surface area contributed by atoms with Gasteiger partial charge in [-0.3, -0.25) is 14.9 Å². The van der Waals surface area contributed by atoms with Gasteiger partial charge in [0.05, 0.1) is 17.7 Å². The monoisotopic (exact) mass is 314 g/mol. The van der Waals surface area contributed by atoms with Gasteiger partial charge in [0.1, 0.15) is 5.75 Å². The number of amides is 1.